The molecule has 6 heteroatoms. The molecule has 5 nitrogen and oxygen atoms in total. The number of amides is 1. The van der Waals surface area contributed by atoms with E-state index in [9.17, 15) is 9.59 Å². The summed E-state index contributed by atoms with van der Waals surface area (Å²) in [5, 5.41) is 14.1. The first-order valence-corrected chi connectivity index (χ1v) is 8.49. The standard InChI is InChI=1S/C17H20N2O3S/c1-3-12(4-2)15(20)18-9-11-6-5-7-13(8-11)16-19-14(10-23-16)17(21)22/h5-8,10,12H,3-4,9H2,1-2H3,(H,18,20)(H,21,22). The van der Waals surface area contributed by atoms with Crippen LogP contribution in [0.25, 0.3) is 10.6 Å². The summed E-state index contributed by atoms with van der Waals surface area (Å²) < 4.78 is 0. The van der Waals surface area contributed by atoms with E-state index in [4.69, 9.17) is 5.11 Å². The Hall–Kier alpha value is -2.21. The summed E-state index contributed by atoms with van der Waals surface area (Å²) in [6.07, 6.45) is 1.67. The second kappa shape index (κ2) is 7.87. The molecule has 1 amide bonds. The first kappa shape index (κ1) is 17.1. The van der Waals surface area contributed by atoms with Gasteiger partial charge >= 0.3 is 5.97 Å². The van der Waals surface area contributed by atoms with Crippen molar-refractivity contribution in [2.24, 2.45) is 5.92 Å². The van der Waals surface area contributed by atoms with Crippen LogP contribution < -0.4 is 5.32 Å². The Kier molecular flexibility index (Phi) is 5.87. The maximum absolute atomic E-state index is 12.0. The zero-order valence-electron chi connectivity index (χ0n) is 13.2. The van der Waals surface area contributed by atoms with E-state index in [1.807, 2.05) is 38.1 Å². The molecule has 0 radical (unpaired) electrons. The number of benzene rings is 1. The van der Waals surface area contributed by atoms with Gasteiger partial charge < -0.3 is 10.4 Å². The minimum Gasteiger partial charge on any atom is -0.476 e. The molecule has 2 aromatic rings. The highest BCUT2D eigenvalue weighted by Gasteiger charge is 2.14. The maximum Gasteiger partial charge on any atom is 0.355 e. The summed E-state index contributed by atoms with van der Waals surface area (Å²) in [6, 6.07) is 7.63. The van der Waals surface area contributed by atoms with Gasteiger partial charge in [-0.15, -0.1) is 11.3 Å². The van der Waals surface area contributed by atoms with Crippen molar-refractivity contribution in [1.29, 1.82) is 0 Å². The van der Waals surface area contributed by atoms with Gasteiger partial charge in [-0.3, -0.25) is 4.79 Å². The Bertz CT molecular complexity index is 693. The summed E-state index contributed by atoms with van der Waals surface area (Å²) in [4.78, 5) is 27.0. The summed E-state index contributed by atoms with van der Waals surface area (Å²) >= 11 is 1.30. The molecule has 0 aliphatic heterocycles. The molecule has 122 valence electrons. The molecular formula is C17H20N2O3S. The summed E-state index contributed by atoms with van der Waals surface area (Å²) in [7, 11) is 0. The van der Waals surface area contributed by atoms with Gasteiger partial charge in [-0.1, -0.05) is 32.0 Å². The first-order valence-electron chi connectivity index (χ1n) is 7.61. The third-order valence-electron chi connectivity index (χ3n) is 3.72. The van der Waals surface area contributed by atoms with Crippen LogP contribution in [0.5, 0.6) is 0 Å². The number of aromatic nitrogens is 1. The number of carboxylic acid groups (broad SMARTS) is 1. The molecular weight excluding hydrogens is 312 g/mol. The number of rotatable bonds is 7. The molecule has 2 rings (SSSR count). The number of nitrogens with one attached hydrogen (secondary N) is 1. The van der Waals surface area contributed by atoms with Crippen molar-refractivity contribution < 1.29 is 14.7 Å². The van der Waals surface area contributed by atoms with E-state index >= 15 is 0 Å². The molecule has 0 spiro atoms. The van der Waals surface area contributed by atoms with Crippen molar-refractivity contribution in [3.8, 4) is 10.6 Å². The largest absolute Gasteiger partial charge is 0.476 e. The van der Waals surface area contributed by atoms with Crippen LogP contribution in [-0.4, -0.2) is 22.0 Å². The van der Waals surface area contributed by atoms with Crippen molar-refractivity contribution >= 4 is 23.2 Å². The van der Waals surface area contributed by atoms with Crippen LogP contribution in [0, 0.1) is 5.92 Å². The first-order chi connectivity index (χ1) is 11.0. The summed E-state index contributed by atoms with van der Waals surface area (Å²) in [5.41, 5.74) is 1.88. The lowest BCUT2D eigenvalue weighted by Crippen LogP contribution is -2.29. The predicted molar refractivity (Wildman–Crippen MR) is 90.4 cm³/mol. The number of hydrogen-bond acceptors (Lipinski definition) is 4. The number of aromatic carboxylic acids is 1. The van der Waals surface area contributed by atoms with Gasteiger partial charge in [0, 0.05) is 23.4 Å². The van der Waals surface area contributed by atoms with Crippen molar-refractivity contribution in [2.45, 2.75) is 33.2 Å². The van der Waals surface area contributed by atoms with Gasteiger partial charge in [0.15, 0.2) is 5.69 Å². The van der Waals surface area contributed by atoms with Crippen LogP contribution in [0.4, 0.5) is 0 Å². The second-order valence-corrected chi connectivity index (χ2v) is 6.13. The number of carboxylic acids is 1. The number of thiazole rings is 1. The lowest BCUT2D eigenvalue weighted by atomic mass is 10.0. The van der Waals surface area contributed by atoms with Gasteiger partial charge in [-0.25, -0.2) is 9.78 Å². The minimum atomic E-state index is -1.03. The van der Waals surface area contributed by atoms with Crippen molar-refractivity contribution in [3.05, 3.63) is 40.9 Å². The van der Waals surface area contributed by atoms with Gasteiger partial charge in [0.25, 0.3) is 0 Å². The Morgan fingerprint density at radius 3 is 2.65 bits per heavy atom. The van der Waals surface area contributed by atoms with Gasteiger partial charge in [0.1, 0.15) is 5.01 Å². The van der Waals surface area contributed by atoms with E-state index in [0.717, 1.165) is 24.0 Å². The molecule has 0 atom stereocenters. The van der Waals surface area contributed by atoms with E-state index in [2.05, 4.69) is 10.3 Å². The maximum atomic E-state index is 12.0. The molecule has 0 aliphatic carbocycles. The van der Waals surface area contributed by atoms with E-state index < -0.39 is 5.97 Å². The highest BCUT2D eigenvalue weighted by molar-refractivity contribution is 7.13. The molecule has 23 heavy (non-hydrogen) atoms. The molecule has 0 saturated carbocycles. The molecule has 2 N–H and O–H groups in total. The normalized spacial score (nSPS) is 10.7. The second-order valence-electron chi connectivity index (χ2n) is 5.27. The van der Waals surface area contributed by atoms with Crippen LogP contribution in [0.1, 0.15) is 42.7 Å². The highest BCUT2D eigenvalue weighted by Crippen LogP contribution is 2.24. The zero-order chi connectivity index (χ0) is 16.8. The monoisotopic (exact) mass is 332 g/mol. The third kappa shape index (κ3) is 4.39. The fourth-order valence-electron chi connectivity index (χ4n) is 2.31. The molecule has 0 fully saturated rings. The Morgan fingerprint density at radius 1 is 1.30 bits per heavy atom. The van der Waals surface area contributed by atoms with E-state index in [-0.39, 0.29) is 17.5 Å². The molecule has 1 aromatic carbocycles. The molecule has 1 heterocycles. The van der Waals surface area contributed by atoms with Gasteiger partial charge in [0.05, 0.1) is 0 Å². The number of hydrogen-bond donors (Lipinski definition) is 2. The van der Waals surface area contributed by atoms with Crippen LogP contribution in [-0.2, 0) is 11.3 Å². The number of carbonyl (C=O) groups excluding carboxylic acids is 1. The highest BCUT2D eigenvalue weighted by atomic mass is 32.1. The van der Waals surface area contributed by atoms with E-state index in [1.54, 1.807) is 0 Å². The fourth-order valence-corrected chi connectivity index (χ4v) is 3.10. The smallest absolute Gasteiger partial charge is 0.355 e. The average molecular weight is 332 g/mol. The Labute approximate surface area is 139 Å². The lowest BCUT2D eigenvalue weighted by molar-refractivity contribution is -0.125. The van der Waals surface area contributed by atoms with Gasteiger partial charge in [0.2, 0.25) is 5.91 Å². The quantitative estimate of drug-likeness (QED) is 0.812. The van der Waals surface area contributed by atoms with Crippen LogP contribution in [0.15, 0.2) is 29.6 Å². The molecule has 0 unspecified atom stereocenters. The fraction of sp³-hybridized carbons (Fsp3) is 0.353. The third-order valence-corrected chi connectivity index (χ3v) is 4.61. The van der Waals surface area contributed by atoms with Crippen molar-refractivity contribution in [3.63, 3.8) is 0 Å². The van der Waals surface area contributed by atoms with Crippen molar-refractivity contribution in [2.75, 3.05) is 0 Å². The summed E-state index contributed by atoms with van der Waals surface area (Å²) in [6.45, 7) is 4.48. The van der Waals surface area contributed by atoms with Crippen LogP contribution >= 0.6 is 11.3 Å². The molecule has 0 aliphatic rings. The van der Waals surface area contributed by atoms with Crippen LogP contribution in [0.2, 0.25) is 0 Å². The predicted octanol–water partition coefficient (Wildman–Crippen LogP) is 3.56. The molecule has 0 bridgehead atoms. The van der Waals surface area contributed by atoms with Crippen molar-refractivity contribution in [1.82, 2.24) is 10.3 Å². The van der Waals surface area contributed by atoms with Gasteiger partial charge in [-0.2, -0.15) is 0 Å². The molecule has 0 saturated heterocycles. The van der Waals surface area contributed by atoms with E-state index in [0.29, 0.717) is 11.6 Å². The Morgan fingerprint density at radius 2 is 2.04 bits per heavy atom. The lowest BCUT2D eigenvalue weighted by Gasteiger charge is -2.13. The average Bonchev–Trinajstić information content (AvgIpc) is 3.05. The topological polar surface area (TPSA) is 79.3 Å². The summed E-state index contributed by atoms with van der Waals surface area (Å²) in [5.74, 6) is -0.904. The van der Waals surface area contributed by atoms with Gasteiger partial charge in [-0.05, 0) is 24.5 Å². The Balaban J connectivity index is 2.07. The molecule has 1 aromatic heterocycles. The minimum absolute atomic E-state index is 0.0512. The van der Waals surface area contributed by atoms with Crippen LogP contribution in [0.3, 0.4) is 0 Å². The zero-order valence-corrected chi connectivity index (χ0v) is 14.0. The SMILES string of the molecule is CCC(CC)C(=O)NCc1cccc(-c2nc(C(=O)O)cs2)c1. The number of carbonyl (C=O) groups is 2. The number of nitrogens with zero attached hydrogens (tertiary/aromatic N) is 1. The van der Waals surface area contributed by atoms with E-state index in [1.165, 1.54) is 16.7 Å².